The number of carbonyl (C=O) groups is 1. The molecule has 3 rings (SSSR count). The highest BCUT2D eigenvalue weighted by atomic mass is 16.2. The fourth-order valence-corrected chi connectivity index (χ4v) is 3.23. The largest absolute Gasteiger partial charge is 0.335 e. The summed E-state index contributed by atoms with van der Waals surface area (Å²) >= 11 is 0. The zero-order valence-corrected chi connectivity index (χ0v) is 16.9. The van der Waals surface area contributed by atoms with E-state index in [-0.39, 0.29) is 11.3 Å². The Morgan fingerprint density at radius 3 is 2.37 bits per heavy atom. The van der Waals surface area contributed by atoms with Crippen LogP contribution in [-0.4, -0.2) is 58.2 Å². The third kappa shape index (κ3) is 4.86. The van der Waals surface area contributed by atoms with Crippen LogP contribution in [0.4, 0.5) is 0 Å². The Balaban J connectivity index is 1.54. The highest BCUT2D eigenvalue weighted by molar-refractivity contribution is 5.92. The number of benzene rings is 1. The van der Waals surface area contributed by atoms with E-state index in [4.69, 9.17) is 0 Å². The molecule has 2 heterocycles. The molecule has 1 fully saturated rings. The molecule has 1 amide bonds. The summed E-state index contributed by atoms with van der Waals surface area (Å²) in [6.45, 7) is 10.6. The molecule has 0 aliphatic carbocycles. The molecule has 5 heteroatoms. The van der Waals surface area contributed by atoms with Crippen molar-refractivity contribution in [2.45, 2.75) is 26.2 Å². The van der Waals surface area contributed by atoms with E-state index in [1.54, 1.807) is 4.68 Å². The molecule has 1 aromatic carbocycles. The first-order valence-electron chi connectivity index (χ1n) is 9.62. The molecule has 144 valence electrons. The molecule has 1 aliphatic heterocycles. The number of amides is 1. The van der Waals surface area contributed by atoms with Crippen LogP contribution in [0.3, 0.4) is 0 Å². The summed E-state index contributed by atoms with van der Waals surface area (Å²) in [5, 5.41) is 4.53. The molecule has 0 spiro atoms. The molecule has 1 aliphatic rings. The number of hydrogen-bond acceptors (Lipinski definition) is 3. The van der Waals surface area contributed by atoms with Crippen molar-refractivity contribution in [3.05, 3.63) is 59.4 Å². The van der Waals surface area contributed by atoms with Crippen LogP contribution >= 0.6 is 0 Å². The molecule has 0 radical (unpaired) electrons. The van der Waals surface area contributed by atoms with Crippen LogP contribution in [0.2, 0.25) is 0 Å². The van der Waals surface area contributed by atoms with Gasteiger partial charge in [-0.2, -0.15) is 5.10 Å². The summed E-state index contributed by atoms with van der Waals surface area (Å²) in [5.41, 5.74) is 2.80. The molecule has 0 bridgehead atoms. The standard InChI is InChI=1S/C22H30N4O/c1-22(2,3)20-17-19(24(4)23-20)21(27)26-15-13-25(14-16-26)12-8-11-18-9-6-5-7-10-18/h5-11,17H,12-16H2,1-4H3. The molecular formula is C22H30N4O. The first-order valence-corrected chi connectivity index (χ1v) is 9.62. The minimum atomic E-state index is -0.0555. The summed E-state index contributed by atoms with van der Waals surface area (Å²) in [5.74, 6) is 0.0833. The molecule has 1 aromatic heterocycles. The molecule has 27 heavy (non-hydrogen) atoms. The van der Waals surface area contributed by atoms with Crippen molar-refractivity contribution in [3.63, 3.8) is 0 Å². The smallest absolute Gasteiger partial charge is 0.272 e. The van der Waals surface area contributed by atoms with Crippen LogP contribution in [0.5, 0.6) is 0 Å². The maximum absolute atomic E-state index is 12.9. The first-order chi connectivity index (χ1) is 12.8. The van der Waals surface area contributed by atoms with Gasteiger partial charge in [0.2, 0.25) is 0 Å². The molecule has 0 atom stereocenters. The minimum Gasteiger partial charge on any atom is -0.335 e. The van der Waals surface area contributed by atoms with Crippen LogP contribution in [-0.2, 0) is 12.5 Å². The van der Waals surface area contributed by atoms with Gasteiger partial charge < -0.3 is 4.90 Å². The summed E-state index contributed by atoms with van der Waals surface area (Å²) in [7, 11) is 1.85. The predicted octanol–water partition coefficient (Wildman–Crippen LogP) is 3.19. The van der Waals surface area contributed by atoms with Gasteiger partial charge in [0.05, 0.1) is 5.69 Å². The number of aromatic nitrogens is 2. The van der Waals surface area contributed by atoms with E-state index in [2.05, 4.69) is 55.1 Å². The number of aryl methyl sites for hydroxylation is 1. The molecule has 0 N–H and O–H groups in total. The van der Waals surface area contributed by atoms with Gasteiger partial charge in [0.1, 0.15) is 5.69 Å². The van der Waals surface area contributed by atoms with E-state index < -0.39 is 0 Å². The zero-order chi connectivity index (χ0) is 19.4. The van der Waals surface area contributed by atoms with Gasteiger partial charge in [-0.15, -0.1) is 0 Å². The zero-order valence-electron chi connectivity index (χ0n) is 16.9. The summed E-state index contributed by atoms with van der Waals surface area (Å²) < 4.78 is 1.72. The average molecular weight is 367 g/mol. The molecule has 0 saturated carbocycles. The average Bonchev–Trinajstić information content (AvgIpc) is 3.05. The van der Waals surface area contributed by atoms with Gasteiger partial charge in [-0.25, -0.2) is 0 Å². The molecule has 1 saturated heterocycles. The van der Waals surface area contributed by atoms with Gasteiger partial charge in [0.25, 0.3) is 5.91 Å². The monoisotopic (exact) mass is 366 g/mol. The van der Waals surface area contributed by atoms with Gasteiger partial charge in [-0.1, -0.05) is 63.3 Å². The first kappa shape index (κ1) is 19.4. The molecular weight excluding hydrogens is 336 g/mol. The van der Waals surface area contributed by atoms with Gasteiger partial charge in [-0.05, 0) is 11.6 Å². The lowest BCUT2D eigenvalue weighted by atomic mass is 9.92. The van der Waals surface area contributed by atoms with Gasteiger partial charge in [-0.3, -0.25) is 14.4 Å². The minimum absolute atomic E-state index is 0.0555. The lowest BCUT2D eigenvalue weighted by Gasteiger charge is -2.34. The van der Waals surface area contributed by atoms with Crippen molar-refractivity contribution >= 4 is 12.0 Å². The third-order valence-electron chi connectivity index (χ3n) is 5.00. The van der Waals surface area contributed by atoms with Crippen molar-refractivity contribution in [1.82, 2.24) is 19.6 Å². The van der Waals surface area contributed by atoms with Crippen LogP contribution in [0, 0.1) is 0 Å². The fourth-order valence-electron chi connectivity index (χ4n) is 3.23. The number of piperazine rings is 1. The normalized spacial score (nSPS) is 16.2. The van der Waals surface area contributed by atoms with Crippen LogP contribution in [0.15, 0.2) is 42.5 Å². The molecule has 2 aromatic rings. The highest BCUT2D eigenvalue weighted by Gasteiger charge is 2.26. The van der Waals surface area contributed by atoms with E-state index >= 15 is 0 Å². The quantitative estimate of drug-likeness (QED) is 0.834. The SMILES string of the molecule is Cn1nc(C(C)(C)C)cc1C(=O)N1CCN(CC=Cc2ccccc2)CC1. The van der Waals surface area contributed by atoms with Crippen molar-refractivity contribution in [2.75, 3.05) is 32.7 Å². The number of carbonyl (C=O) groups excluding carboxylic acids is 1. The van der Waals surface area contributed by atoms with Crippen molar-refractivity contribution in [1.29, 1.82) is 0 Å². The van der Waals surface area contributed by atoms with Crippen LogP contribution in [0.25, 0.3) is 6.08 Å². The fraction of sp³-hybridized carbons (Fsp3) is 0.455. The van der Waals surface area contributed by atoms with Gasteiger partial charge >= 0.3 is 0 Å². The topological polar surface area (TPSA) is 41.4 Å². The lowest BCUT2D eigenvalue weighted by Crippen LogP contribution is -2.48. The summed E-state index contributed by atoms with van der Waals surface area (Å²) in [6, 6.07) is 12.3. The van der Waals surface area contributed by atoms with E-state index in [1.165, 1.54) is 5.56 Å². The second kappa shape index (κ2) is 8.09. The highest BCUT2D eigenvalue weighted by Crippen LogP contribution is 2.22. The van der Waals surface area contributed by atoms with Crippen molar-refractivity contribution in [2.24, 2.45) is 7.05 Å². The van der Waals surface area contributed by atoms with Crippen LogP contribution < -0.4 is 0 Å². The van der Waals surface area contributed by atoms with Crippen molar-refractivity contribution in [3.8, 4) is 0 Å². The predicted molar refractivity (Wildman–Crippen MR) is 110 cm³/mol. The van der Waals surface area contributed by atoms with Gasteiger partial charge in [0, 0.05) is 45.2 Å². The summed E-state index contributed by atoms with van der Waals surface area (Å²) in [4.78, 5) is 17.2. The van der Waals surface area contributed by atoms with E-state index in [0.717, 1.165) is 38.4 Å². The second-order valence-electron chi connectivity index (χ2n) is 8.19. The Kier molecular flexibility index (Phi) is 5.80. The second-order valence-corrected chi connectivity index (χ2v) is 8.19. The Morgan fingerprint density at radius 1 is 1.11 bits per heavy atom. The Bertz CT molecular complexity index is 793. The Morgan fingerprint density at radius 2 is 1.78 bits per heavy atom. The van der Waals surface area contributed by atoms with E-state index in [1.807, 2.05) is 36.2 Å². The molecule has 0 unspecified atom stereocenters. The number of hydrogen-bond donors (Lipinski definition) is 0. The third-order valence-corrected chi connectivity index (χ3v) is 5.00. The Labute approximate surface area is 162 Å². The summed E-state index contributed by atoms with van der Waals surface area (Å²) in [6.07, 6.45) is 4.35. The molecule has 5 nitrogen and oxygen atoms in total. The van der Waals surface area contributed by atoms with Crippen molar-refractivity contribution < 1.29 is 4.79 Å². The maximum atomic E-state index is 12.9. The number of nitrogens with zero attached hydrogens (tertiary/aromatic N) is 4. The van der Waals surface area contributed by atoms with Crippen LogP contribution in [0.1, 0.15) is 42.5 Å². The lowest BCUT2D eigenvalue weighted by molar-refractivity contribution is 0.0639. The Hall–Kier alpha value is -2.40. The maximum Gasteiger partial charge on any atom is 0.272 e. The van der Waals surface area contributed by atoms with E-state index in [9.17, 15) is 4.79 Å². The number of rotatable bonds is 4. The van der Waals surface area contributed by atoms with Gasteiger partial charge in [0.15, 0.2) is 0 Å². The van der Waals surface area contributed by atoms with E-state index in [0.29, 0.717) is 5.69 Å².